The number of fused-ring (bicyclic) bond motifs is 5. The lowest BCUT2D eigenvalue weighted by Gasteiger charge is -2.56. The van der Waals surface area contributed by atoms with Crippen LogP contribution in [-0.4, -0.2) is 22.2 Å². The van der Waals surface area contributed by atoms with Crippen molar-refractivity contribution in [3.8, 4) is 5.75 Å². The fourth-order valence-corrected chi connectivity index (χ4v) is 8.06. The molecule has 5 rings (SSSR count). The number of rotatable bonds is 3. The number of allylic oxidation sites excluding steroid dienone is 1. The summed E-state index contributed by atoms with van der Waals surface area (Å²) in [4.78, 5) is 13.4. The van der Waals surface area contributed by atoms with Crippen LogP contribution in [0.3, 0.4) is 0 Å². The maximum absolute atomic E-state index is 13.4. The maximum atomic E-state index is 13.4. The van der Waals surface area contributed by atoms with Crippen molar-refractivity contribution in [3.63, 3.8) is 0 Å². The third-order valence-corrected chi connectivity index (χ3v) is 9.72. The van der Waals surface area contributed by atoms with Crippen LogP contribution in [0.1, 0.15) is 58.8 Å². The molecule has 0 aromatic heterocycles. The Morgan fingerprint density at radius 2 is 1.83 bits per heavy atom. The number of para-hydroxylation sites is 1. The second-order valence-corrected chi connectivity index (χ2v) is 11.1. The maximum Gasteiger partial charge on any atom is 0.155 e. The van der Waals surface area contributed by atoms with Gasteiger partial charge >= 0.3 is 0 Å². The van der Waals surface area contributed by atoms with E-state index >= 15 is 0 Å². The van der Waals surface area contributed by atoms with E-state index < -0.39 is 0 Å². The average Bonchev–Trinajstić information content (AvgIpc) is 2.98. The first-order chi connectivity index (χ1) is 13.9. The molecule has 1 N–H and O–H groups in total. The standard InChI is InChI=1S/C25H32O3S/c1-24-12-10-17(26)14-16(24)8-9-19-20(24)11-13-25(2)21(19)15-22(23(25)27)29-28-18-6-4-3-5-7-18/h3-8,17,19-22,26H,9-15H2,1-2H3. The van der Waals surface area contributed by atoms with Crippen LogP contribution in [-0.2, 0) is 4.79 Å². The number of aliphatic hydroxyl groups excluding tert-OH is 1. The minimum atomic E-state index is -0.200. The van der Waals surface area contributed by atoms with E-state index in [0.29, 0.717) is 23.5 Å². The van der Waals surface area contributed by atoms with Crippen LogP contribution in [0.2, 0.25) is 0 Å². The van der Waals surface area contributed by atoms with Crippen LogP contribution >= 0.6 is 12.0 Å². The molecular weight excluding hydrogens is 380 g/mol. The smallest absolute Gasteiger partial charge is 0.155 e. The highest BCUT2D eigenvalue weighted by molar-refractivity contribution is 7.96. The molecule has 4 aliphatic carbocycles. The van der Waals surface area contributed by atoms with Crippen LogP contribution in [0.15, 0.2) is 42.0 Å². The van der Waals surface area contributed by atoms with E-state index in [9.17, 15) is 9.90 Å². The normalized spacial score (nSPS) is 43.8. The molecule has 0 spiro atoms. The molecule has 0 heterocycles. The fraction of sp³-hybridized carbons (Fsp3) is 0.640. The summed E-state index contributed by atoms with van der Waals surface area (Å²) >= 11 is 1.37. The van der Waals surface area contributed by atoms with Crippen LogP contribution in [0.5, 0.6) is 5.75 Å². The van der Waals surface area contributed by atoms with Gasteiger partial charge in [-0.1, -0.05) is 43.7 Å². The van der Waals surface area contributed by atoms with Gasteiger partial charge in [-0.25, -0.2) is 0 Å². The molecule has 3 saturated carbocycles. The van der Waals surface area contributed by atoms with E-state index in [2.05, 4.69) is 19.9 Å². The van der Waals surface area contributed by atoms with Crippen molar-refractivity contribution in [2.24, 2.45) is 28.6 Å². The summed E-state index contributed by atoms with van der Waals surface area (Å²) in [6.07, 6.45) is 9.29. The molecule has 0 radical (unpaired) electrons. The zero-order chi connectivity index (χ0) is 20.2. The summed E-state index contributed by atoms with van der Waals surface area (Å²) in [6.45, 7) is 4.66. The lowest BCUT2D eigenvalue weighted by molar-refractivity contribution is -0.131. The highest BCUT2D eigenvalue weighted by Gasteiger charge is 2.61. The quantitative estimate of drug-likeness (QED) is 0.520. The molecule has 7 atom stereocenters. The summed E-state index contributed by atoms with van der Waals surface area (Å²) in [7, 11) is 0. The van der Waals surface area contributed by atoms with Crippen molar-refractivity contribution in [1.29, 1.82) is 0 Å². The second-order valence-electron chi connectivity index (χ2n) is 10.2. The van der Waals surface area contributed by atoms with Gasteiger partial charge in [0, 0.05) is 5.41 Å². The van der Waals surface area contributed by atoms with Crippen molar-refractivity contribution in [1.82, 2.24) is 0 Å². The van der Waals surface area contributed by atoms with Crippen molar-refractivity contribution < 1.29 is 14.1 Å². The van der Waals surface area contributed by atoms with E-state index in [1.807, 2.05) is 30.3 Å². The van der Waals surface area contributed by atoms with E-state index in [-0.39, 0.29) is 22.2 Å². The van der Waals surface area contributed by atoms with Crippen molar-refractivity contribution >= 4 is 17.8 Å². The van der Waals surface area contributed by atoms with Gasteiger partial charge in [-0.2, -0.15) is 0 Å². The Bertz CT molecular complexity index is 821. The lowest BCUT2D eigenvalue weighted by atomic mass is 9.48. The first-order valence-corrected chi connectivity index (χ1v) is 12.0. The zero-order valence-electron chi connectivity index (χ0n) is 17.5. The van der Waals surface area contributed by atoms with Gasteiger partial charge in [0.05, 0.1) is 18.1 Å². The molecule has 4 heteroatoms. The SMILES string of the molecule is CC12CCC3C(CC=C4CC(O)CCC43C)C1CC(SOc1ccccc1)C2=O. The Labute approximate surface area is 178 Å². The molecule has 0 aliphatic heterocycles. The number of aliphatic hydroxyl groups is 1. The van der Waals surface area contributed by atoms with Gasteiger partial charge in [0.25, 0.3) is 0 Å². The summed E-state index contributed by atoms with van der Waals surface area (Å²) in [5.41, 5.74) is 1.51. The molecule has 3 fully saturated rings. The molecule has 0 amide bonds. The Morgan fingerprint density at radius 3 is 2.62 bits per heavy atom. The van der Waals surface area contributed by atoms with E-state index in [4.69, 9.17) is 4.18 Å². The number of hydrogen-bond donors (Lipinski definition) is 1. The van der Waals surface area contributed by atoms with Crippen molar-refractivity contribution in [2.45, 2.75) is 70.1 Å². The van der Waals surface area contributed by atoms with E-state index in [1.54, 1.807) is 0 Å². The van der Waals surface area contributed by atoms with Gasteiger partial charge in [-0.05, 0) is 80.2 Å². The Morgan fingerprint density at radius 1 is 1.07 bits per heavy atom. The molecule has 0 saturated heterocycles. The third kappa shape index (κ3) is 3.09. The Balaban J connectivity index is 1.36. The predicted octanol–water partition coefficient (Wildman–Crippen LogP) is 5.58. The minimum Gasteiger partial charge on any atom is -0.425 e. The first-order valence-electron chi connectivity index (χ1n) is 11.2. The van der Waals surface area contributed by atoms with Gasteiger partial charge in [-0.3, -0.25) is 4.79 Å². The summed E-state index contributed by atoms with van der Waals surface area (Å²) in [6, 6.07) is 9.80. The number of benzene rings is 1. The highest BCUT2D eigenvalue weighted by Crippen LogP contribution is 2.64. The first kappa shape index (κ1) is 19.7. The van der Waals surface area contributed by atoms with Crippen LogP contribution in [0.25, 0.3) is 0 Å². The molecule has 1 aromatic rings. The molecule has 29 heavy (non-hydrogen) atoms. The molecule has 156 valence electrons. The fourth-order valence-electron chi connectivity index (χ4n) is 7.08. The summed E-state index contributed by atoms with van der Waals surface area (Å²) in [5, 5.41) is 10.1. The number of carbonyl (C=O) groups is 1. The molecule has 0 bridgehead atoms. The molecule has 3 nitrogen and oxygen atoms in total. The second kappa shape index (κ2) is 7.16. The molecular formula is C25H32O3S. The van der Waals surface area contributed by atoms with Crippen molar-refractivity contribution in [2.75, 3.05) is 0 Å². The van der Waals surface area contributed by atoms with Crippen LogP contribution < -0.4 is 4.18 Å². The number of ketones is 1. The van der Waals surface area contributed by atoms with Crippen molar-refractivity contribution in [3.05, 3.63) is 42.0 Å². The number of carbonyl (C=O) groups excluding carboxylic acids is 1. The summed E-state index contributed by atoms with van der Waals surface area (Å²) < 4.78 is 5.92. The number of Topliss-reactive ketones (excluding diaryl/α,β-unsaturated/α-hetero) is 1. The summed E-state index contributed by atoms with van der Waals surface area (Å²) in [5.74, 6) is 2.92. The topological polar surface area (TPSA) is 46.5 Å². The lowest BCUT2D eigenvalue weighted by Crippen LogP contribution is -2.50. The Kier molecular flexibility index (Phi) is 4.86. The van der Waals surface area contributed by atoms with E-state index in [0.717, 1.165) is 50.7 Å². The molecule has 4 aliphatic rings. The molecule has 7 unspecified atom stereocenters. The van der Waals surface area contributed by atoms with Gasteiger partial charge in [0.2, 0.25) is 0 Å². The molecule has 1 aromatic carbocycles. The van der Waals surface area contributed by atoms with Crippen LogP contribution in [0.4, 0.5) is 0 Å². The minimum absolute atomic E-state index is 0.0599. The van der Waals surface area contributed by atoms with Crippen LogP contribution in [0, 0.1) is 28.6 Å². The average molecular weight is 413 g/mol. The van der Waals surface area contributed by atoms with Gasteiger partial charge < -0.3 is 9.29 Å². The third-order valence-electron chi connectivity index (χ3n) is 8.79. The predicted molar refractivity (Wildman–Crippen MR) is 117 cm³/mol. The van der Waals surface area contributed by atoms with E-state index in [1.165, 1.54) is 17.6 Å². The number of hydrogen-bond acceptors (Lipinski definition) is 4. The monoisotopic (exact) mass is 412 g/mol. The van der Waals surface area contributed by atoms with Gasteiger partial charge in [0.15, 0.2) is 5.78 Å². The Hall–Kier alpha value is -1.26. The zero-order valence-corrected chi connectivity index (χ0v) is 18.3. The largest absolute Gasteiger partial charge is 0.425 e. The highest BCUT2D eigenvalue weighted by atomic mass is 32.2. The van der Waals surface area contributed by atoms with Gasteiger partial charge in [0.1, 0.15) is 11.0 Å². The van der Waals surface area contributed by atoms with Gasteiger partial charge in [-0.15, -0.1) is 0 Å².